The number of aryl methyl sites for hydroxylation is 1. The van der Waals surface area contributed by atoms with Crippen molar-refractivity contribution in [1.82, 2.24) is 4.90 Å². The van der Waals surface area contributed by atoms with E-state index in [1.165, 1.54) is 6.07 Å². The maximum absolute atomic E-state index is 13.0. The molecule has 1 amide bonds. The Hall–Kier alpha value is -2.83. The molecule has 0 atom stereocenters. The van der Waals surface area contributed by atoms with Crippen LogP contribution in [0.4, 0.5) is 13.2 Å². The highest BCUT2D eigenvalue weighted by Crippen LogP contribution is 2.37. The fourth-order valence-electron chi connectivity index (χ4n) is 3.82. The number of alkyl halides is 3. The summed E-state index contributed by atoms with van der Waals surface area (Å²) in [6.45, 7) is 3.02. The first-order chi connectivity index (χ1) is 13.8. The molecule has 0 bridgehead atoms. The molecule has 4 nitrogen and oxygen atoms in total. The Bertz CT molecular complexity index is 943. The lowest BCUT2D eigenvalue weighted by molar-refractivity contribution is -0.137. The van der Waals surface area contributed by atoms with Gasteiger partial charge in [0, 0.05) is 43.5 Å². The number of hydrogen-bond donors (Lipinski definition) is 0. The molecule has 2 aromatic carbocycles. The summed E-state index contributed by atoms with van der Waals surface area (Å²) in [6, 6.07) is 12.6. The second-order valence-corrected chi connectivity index (χ2v) is 7.73. The summed E-state index contributed by atoms with van der Waals surface area (Å²) in [5.41, 5.74) is 1.45. The van der Waals surface area contributed by atoms with Gasteiger partial charge in [-0.25, -0.2) is 0 Å². The van der Waals surface area contributed by atoms with Crippen molar-refractivity contribution >= 4 is 11.6 Å². The van der Waals surface area contributed by atoms with Gasteiger partial charge in [-0.1, -0.05) is 35.0 Å². The van der Waals surface area contributed by atoms with E-state index < -0.39 is 17.3 Å². The molecule has 4 rings (SSSR count). The van der Waals surface area contributed by atoms with E-state index in [4.69, 9.17) is 4.84 Å². The minimum atomic E-state index is -4.39. The third-order valence-corrected chi connectivity index (χ3v) is 5.62. The number of carbonyl (C=O) groups is 1. The van der Waals surface area contributed by atoms with Crippen LogP contribution in [0.2, 0.25) is 0 Å². The lowest BCUT2D eigenvalue weighted by atomic mass is 9.85. The molecule has 2 aliphatic rings. The molecular formula is C22H21F3N2O2. The average Bonchev–Trinajstić information content (AvgIpc) is 3.12. The molecule has 2 aliphatic heterocycles. The highest BCUT2D eigenvalue weighted by molar-refractivity contribution is 6.02. The van der Waals surface area contributed by atoms with Crippen LogP contribution in [0.3, 0.4) is 0 Å². The Morgan fingerprint density at radius 3 is 2.45 bits per heavy atom. The molecule has 0 saturated carbocycles. The number of likely N-dealkylation sites (tertiary alicyclic amines) is 1. The van der Waals surface area contributed by atoms with Gasteiger partial charge < -0.3 is 9.74 Å². The molecule has 1 saturated heterocycles. The molecule has 1 spiro atoms. The van der Waals surface area contributed by atoms with Gasteiger partial charge in [-0.3, -0.25) is 4.79 Å². The maximum atomic E-state index is 13.0. The van der Waals surface area contributed by atoms with Gasteiger partial charge in [-0.15, -0.1) is 0 Å². The Kier molecular flexibility index (Phi) is 4.84. The SMILES string of the molecule is Cc1ccc(C(=O)N2CCC3(CC2)CC(c2cccc(C(F)(F)F)c2)=NO3)cc1. The molecule has 0 unspecified atom stereocenters. The first-order valence-electron chi connectivity index (χ1n) is 9.54. The lowest BCUT2D eigenvalue weighted by Crippen LogP contribution is -2.46. The highest BCUT2D eigenvalue weighted by atomic mass is 19.4. The van der Waals surface area contributed by atoms with Gasteiger partial charge in [0.15, 0.2) is 0 Å². The third-order valence-electron chi connectivity index (χ3n) is 5.62. The van der Waals surface area contributed by atoms with Crippen LogP contribution >= 0.6 is 0 Å². The molecule has 2 heterocycles. The fraction of sp³-hybridized carbons (Fsp3) is 0.364. The van der Waals surface area contributed by atoms with Gasteiger partial charge in [-0.2, -0.15) is 13.2 Å². The zero-order valence-corrected chi connectivity index (χ0v) is 16.0. The van der Waals surface area contributed by atoms with E-state index >= 15 is 0 Å². The summed E-state index contributed by atoms with van der Waals surface area (Å²) in [5, 5.41) is 4.09. The Balaban J connectivity index is 1.41. The number of benzene rings is 2. The summed E-state index contributed by atoms with van der Waals surface area (Å²) in [6.07, 6.45) is -2.76. The largest absolute Gasteiger partial charge is 0.416 e. The first-order valence-corrected chi connectivity index (χ1v) is 9.54. The number of hydrogen-bond acceptors (Lipinski definition) is 3. The maximum Gasteiger partial charge on any atom is 0.416 e. The molecular weight excluding hydrogens is 381 g/mol. The predicted octanol–water partition coefficient (Wildman–Crippen LogP) is 4.81. The van der Waals surface area contributed by atoms with Crippen molar-refractivity contribution in [2.24, 2.45) is 5.16 Å². The van der Waals surface area contributed by atoms with Gasteiger partial charge in [-0.05, 0) is 31.2 Å². The van der Waals surface area contributed by atoms with Gasteiger partial charge in [0.05, 0.1) is 11.3 Å². The molecule has 0 aromatic heterocycles. The van der Waals surface area contributed by atoms with Crippen molar-refractivity contribution in [3.05, 3.63) is 70.8 Å². The van der Waals surface area contributed by atoms with Gasteiger partial charge >= 0.3 is 6.18 Å². The van der Waals surface area contributed by atoms with Crippen molar-refractivity contribution in [3.63, 3.8) is 0 Å². The average molecular weight is 402 g/mol. The Morgan fingerprint density at radius 1 is 1.10 bits per heavy atom. The molecule has 0 N–H and O–H groups in total. The molecule has 152 valence electrons. The van der Waals surface area contributed by atoms with Crippen molar-refractivity contribution in [1.29, 1.82) is 0 Å². The zero-order valence-electron chi connectivity index (χ0n) is 16.0. The number of halogens is 3. The number of rotatable bonds is 2. The van der Waals surface area contributed by atoms with Gasteiger partial charge in [0.2, 0.25) is 0 Å². The van der Waals surface area contributed by atoms with Crippen LogP contribution in [0.15, 0.2) is 53.7 Å². The topological polar surface area (TPSA) is 41.9 Å². The van der Waals surface area contributed by atoms with Crippen LogP contribution in [0.25, 0.3) is 0 Å². The summed E-state index contributed by atoms with van der Waals surface area (Å²) >= 11 is 0. The number of oxime groups is 1. The van der Waals surface area contributed by atoms with Crippen LogP contribution in [0, 0.1) is 6.92 Å². The first kappa shape index (κ1) is 19.5. The lowest BCUT2D eigenvalue weighted by Gasteiger charge is -2.37. The van der Waals surface area contributed by atoms with E-state index in [0.29, 0.717) is 49.2 Å². The normalized spacial score (nSPS) is 18.5. The third kappa shape index (κ3) is 3.99. The Labute approximate surface area is 167 Å². The predicted molar refractivity (Wildman–Crippen MR) is 103 cm³/mol. The smallest absolute Gasteiger partial charge is 0.388 e. The summed E-state index contributed by atoms with van der Waals surface area (Å²) in [7, 11) is 0. The summed E-state index contributed by atoms with van der Waals surface area (Å²) < 4.78 is 38.9. The van der Waals surface area contributed by atoms with Crippen molar-refractivity contribution in [2.45, 2.75) is 38.0 Å². The van der Waals surface area contributed by atoms with Crippen LogP contribution in [-0.2, 0) is 11.0 Å². The molecule has 2 aromatic rings. The van der Waals surface area contributed by atoms with Gasteiger partial charge in [0.25, 0.3) is 5.91 Å². The van der Waals surface area contributed by atoms with E-state index in [-0.39, 0.29) is 5.91 Å². The highest BCUT2D eigenvalue weighted by Gasteiger charge is 2.43. The number of amides is 1. The number of carbonyl (C=O) groups excluding carboxylic acids is 1. The van der Waals surface area contributed by atoms with Crippen molar-refractivity contribution in [3.8, 4) is 0 Å². The van der Waals surface area contributed by atoms with Crippen molar-refractivity contribution in [2.75, 3.05) is 13.1 Å². The monoisotopic (exact) mass is 402 g/mol. The second-order valence-electron chi connectivity index (χ2n) is 7.73. The second kappa shape index (κ2) is 7.21. The minimum Gasteiger partial charge on any atom is -0.388 e. The minimum absolute atomic E-state index is 0.0168. The molecule has 29 heavy (non-hydrogen) atoms. The standard InChI is InChI=1S/C22H21F3N2O2/c1-15-5-7-16(8-6-15)20(28)27-11-9-21(10-12-27)14-19(26-29-21)17-3-2-4-18(13-17)22(23,24)25/h2-8,13H,9-12,14H2,1H3. The Morgan fingerprint density at radius 2 is 1.79 bits per heavy atom. The van der Waals surface area contributed by atoms with E-state index in [1.54, 1.807) is 11.0 Å². The molecule has 0 radical (unpaired) electrons. The van der Waals surface area contributed by atoms with E-state index in [0.717, 1.165) is 17.7 Å². The zero-order chi connectivity index (χ0) is 20.6. The van der Waals surface area contributed by atoms with Gasteiger partial charge in [0.1, 0.15) is 5.60 Å². The number of nitrogens with zero attached hydrogens (tertiary/aromatic N) is 2. The van der Waals surface area contributed by atoms with Crippen LogP contribution in [0.5, 0.6) is 0 Å². The quantitative estimate of drug-likeness (QED) is 0.723. The van der Waals surface area contributed by atoms with Crippen molar-refractivity contribution < 1.29 is 22.8 Å². The van der Waals surface area contributed by atoms with E-state index in [1.807, 2.05) is 31.2 Å². The molecule has 7 heteroatoms. The summed E-state index contributed by atoms with van der Waals surface area (Å²) in [4.78, 5) is 20.2. The number of piperidine rings is 1. The summed E-state index contributed by atoms with van der Waals surface area (Å²) in [5.74, 6) is -0.0168. The van der Waals surface area contributed by atoms with Crippen LogP contribution in [0.1, 0.15) is 46.3 Å². The molecule has 1 fully saturated rings. The van der Waals surface area contributed by atoms with E-state index in [9.17, 15) is 18.0 Å². The molecule has 0 aliphatic carbocycles. The van der Waals surface area contributed by atoms with E-state index in [2.05, 4.69) is 5.16 Å². The van der Waals surface area contributed by atoms with Crippen LogP contribution in [-0.4, -0.2) is 35.2 Å². The fourth-order valence-corrected chi connectivity index (χ4v) is 3.82. The van der Waals surface area contributed by atoms with Crippen LogP contribution < -0.4 is 0 Å².